The van der Waals surface area contributed by atoms with Crippen molar-refractivity contribution < 1.29 is 23.1 Å². The summed E-state index contributed by atoms with van der Waals surface area (Å²) in [5, 5.41) is 13.8. The Balaban J connectivity index is 1.96. The summed E-state index contributed by atoms with van der Waals surface area (Å²) >= 11 is 3.17. The van der Waals surface area contributed by atoms with Crippen LogP contribution in [0.1, 0.15) is 24.4 Å². The van der Waals surface area contributed by atoms with E-state index in [9.17, 15) is 18.0 Å². The van der Waals surface area contributed by atoms with Gasteiger partial charge in [-0.25, -0.2) is 4.79 Å². The number of halogens is 4. The highest BCUT2D eigenvalue weighted by Crippen LogP contribution is 2.36. The molecule has 1 N–H and O–H groups in total. The molecular weight excluding hydrogens is 379 g/mol. The Hall–Kier alpha value is -1.77. The van der Waals surface area contributed by atoms with Gasteiger partial charge in [-0.05, 0) is 25.0 Å². The smallest absolute Gasteiger partial charge is 0.416 e. The third kappa shape index (κ3) is 3.01. The van der Waals surface area contributed by atoms with Gasteiger partial charge in [-0.2, -0.15) is 18.3 Å². The molecule has 3 rings (SSSR count). The van der Waals surface area contributed by atoms with Crippen molar-refractivity contribution in [3.63, 3.8) is 0 Å². The Morgan fingerprint density at radius 1 is 1.30 bits per heavy atom. The quantitative estimate of drug-likeness (QED) is 0.794. The van der Waals surface area contributed by atoms with Crippen LogP contribution in [0.2, 0.25) is 0 Å². The Bertz CT molecular complexity index is 752. The van der Waals surface area contributed by atoms with E-state index in [0.717, 1.165) is 12.1 Å². The molecule has 1 aromatic heterocycles. The summed E-state index contributed by atoms with van der Waals surface area (Å²) in [6, 6.07) is 2.02. The molecule has 1 aliphatic heterocycles. The number of carboxylic acid groups (broad SMARTS) is 1. The van der Waals surface area contributed by atoms with Crippen LogP contribution in [0.4, 0.5) is 18.0 Å². The third-order valence-corrected chi connectivity index (χ3v) is 4.73. The highest BCUT2D eigenvalue weighted by atomic mass is 79.9. The molecule has 5 nitrogen and oxygen atoms in total. The fourth-order valence-corrected chi connectivity index (χ4v) is 3.41. The number of hydrogen-bond acceptors (Lipinski definition) is 2. The molecule has 0 radical (unpaired) electrons. The Morgan fingerprint density at radius 2 is 1.96 bits per heavy atom. The molecule has 124 valence electrons. The van der Waals surface area contributed by atoms with Crippen LogP contribution in [-0.4, -0.2) is 39.0 Å². The monoisotopic (exact) mass is 391 g/mol. The summed E-state index contributed by atoms with van der Waals surface area (Å²) in [6.45, 7) is 0.697. The van der Waals surface area contributed by atoms with Gasteiger partial charge >= 0.3 is 12.3 Å². The SMILES string of the molecule is O=C(O)N1CCC(n2ncc3c(Br)cc(C(F)(F)F)cc32)CC1. The van der Waals surface area contributed by atoms with E-state index < -0.39 is 17.8 Å². The van der Waals surface area contributed by atoms with Crippen molar-refractivity contribution in [2.75, 3.05) is 13.1 Å². The largest absolute Gasteiger partial charge is 0.465 e. The lowest BCUT2D eigenvalue weighted by Gasteiger charge is -2.30. The van der Waals surface area contributed by atoms with E-state index in [1.54, 1.807) is 4.68 Å². The molecule has 0 saturated carbocycles. The maximum Gasteiger partial charge on any atom is 0.416 e. The standard InChI is InChI=1S/C14H13BrF3N3O2/c15-11-5-8(14(16,17)18)6-12-10(11)7-19-21(12)9-1-3-20(4-2-9)13(22)23/h5-7,9H,1-4H2,(H,22,23). The van der Waals surface area contributed by atoms with Gasteiger partial charge in [0.2, 0.25) is 0 Å². The van der Waals surface area contributed by atoms with Crippen molar-refractivity contribution in [2.45, 2.75) is 25.1 Å². The molecule has 1 aliphatic rings. The van der Waals surface area contributed by atoms with Crippen molar-refractivity contribution in [3.05, 3.63) is 28.4 Å². The summed E-state index contributed by atoms with van der Waals surface area (Å²) < 4.78 is 40.9. The Kier molecular flexibility index (Phi) is 3.99. The second kappa shape index (κ2) is 5.70. The minimum atomic E-state index is -4.43. The second-order valence-corrected chi connectivity index (χ2v) is 6.33. The van der Waals surface area contributed by atoms with E-state index in [1.165, 1.54) is 11.1 Å². The number of fused-ring (bicyclic) bond motifs is 1. The van der Waals surface area contributed by atoms with Crippen LogP contribution < -0.4 is 0 Å². The van der Waals surface area contributed by atoms with Crippen LogP contribution in [0.25, 0.3) is 10.9 Å². The Labute approximate surface area is 137 Å². The van der Waals surface area contributed by atoms with Gasteiger partial charge in [0.25, 0.3) is 0 Å². The molecule has 2 heterocycles. The van der Waals surface area contributed by atoms with Crippen LogP contribution >= 0.6 is 15.9 Å². The van der Waals surface area contributed by atoms with Gasteiger partial charge in [-0.3, -0.25) is 4.68 Å². The molecular formula is C14H13BrF3N3O2. The summed E-state index contributed by atoms with van der Waals surface area (Å²) in [6.07, 6.45) is -2.83. The van der Waals surface area contributed by atoms with Gasteiger partial charge in [0, 0.05) is 22.9 Å². The van der Waals surface area contributed by atoms with Crippen molar-refractivity contribution >= 4 is 32.9 Å². The highest BCUT2D eigenvalue weighted by Gasteiger charge is 2.32. The van der Waals surface area contributed by atoms with Gasteiger partial charge in [0.1, 0.15) is 0 Å². The minimum Gasteiger partial charge on any atom is -0.465 e. The lowest BCUT2D eigenvalue weighted by Crippen LogP contribution is -2.38. The fourth-order valence-electron chi connectivity index (χ4n) is 2.86. The number of hydrogen-bond donors (Lipinski definition) is 1. The van der Waals surface area contributed by atoms with E-state index in [0.29, 0.717) is 41.3 Å². The van der Waals surface area contributed by atoms with Crippen molar-refractivity contribution in [1.82, 2.24) is 14.7 Å². The van der Waals surface area contributed by atoms with E-state index in [-0.39, 0.29) is 6.04 Å². The maximum atomic E-state index is 13.0. The molecule has 2 aromatic rings. The average Bonchev–Trinajstić information content (AvgIpc) is 2.91. The van der Waals surface area contributed by atoms with Crippen LogP contribution in [0.15, 0.2) is 22.8 Å². The summed E-state index contributed by atoms with van der Waals surface area (Å²) in [7, 11) is 0. The molecule has 23 heavy (non-hydrogen) atoms. The summed E-state index contributed by atoms with van der Waals surface area (Å²) in [4.78, 5) is 12.2. The third-order valence-electron chi connectivity index (χ3n) is 4.07. The van der Waals surface area contributed by atoms with E-state index in [1.807, 2.05) is 0 Å². The van der Waals surface area contributed by atoms with Gasteiger partial charge in [0.15, 0.2) is 0 Å². The molecule has 0 unspecified atom stereocenters. The first-order valence-corrected chi connectivity index (χ1v) is 7.78. The predicted octanol–water partition coefficient (Wildman–Crippen LogP) is 4.13. The number of benzene rings is 1. The van der Waals surface area contributed by atoms with Crippen LogP contribution in [0.5, 0.6) is 0 Å². The van der Waals surface area contributed by atoms with E-state index >= 15 is 0 Å². The highest BCUT2D eigenvalue weighted by molar-refractivity contribution is 9.10. The normalized spacial score (nSPS) is 17.0. The second-order valence-electron chi connectivity index (χ2n) is 5.48. The molecule has 0 spiro atoms. The number of alkyl halides is 3. The van der Waals surface area contributed by atoms with Crippen molar-refractivity contribution in [2.24, 2.45) is 0 Å². The number of likely N-dealkylation sites (tertiary alicyclic amines) is 1. The topological polar surface area (TPSA) is 58.4 Å². The van der Waals surface area contributed by atoms with Crippen LogP contribution in [0, 0.1) is 0 Å². The van der Waals surface area contributed by atoms with Gasteiger partial charge < -0.3 is 10.0 Å². The molecule has 1 amide bonds. The first kappa shape index (κ1) is 16.1. The van der Waals surface area contributed by atoms with E-state index in [4.69, 9.17) is 5.11 Å². The first-order chi connectivity index (χ1) is 10.8. The molecule has 0 aliphatic carbocycles. The molecule has 9 heteroatoms. The number of nitrogens with zero attached hydrogens (tertiary/aromatic N) is 3. The fraction of sp³-hybridized carbons (Fsp3) is 0.429. The Morgan fingerprint density at radius 3 is 2.52 bits per heavy atom. The van der Waals surface area contributed by atoms with Crippen LogP contribution in [-0.2, 0) is 6.18 Å². The van der Waals surface area contributed by atoms with Gasteiger partial charge in [-0.1, -0.05) is 15.9 Å². The van der Waals surface area contributed by atoms with E-state index in [2.05, 4.69) is 21.0 Å². The van der Waals surface area contributed by atoms with Crippen LogP contribution in [0.3, 0.4) is 0 Å². The predicted molar refractivity (Wildman–Crippen MR) is 80.3 cm³/mol. The lowest BCUT2D eigenvalue weighted by atomic mass is 10.0. The summed E-state index contributed by atoms with van der Waals surface area (Å²) in [5.41, 5.74) is -0.331. The van der Waals surface area contributed by atoms with Crippen molar-refractivity contribution in [3.8, 4) is 0 Å². The maximum absolute atomic E-state index is 13.0. The van der Waals surface area contributed by atoms with Gasteiger partial charge in [0.05, 0.1) is 23.3 Å². The summed E-state index contributed by atoms with van der Waals surface area (Å²) in [5.74, 6) is 0. The molecule has 1 aromatic carbocycles. The minimum absolute atomic E-state index is 0.113. The molecule has 0 atom stereocenters. The van der Waals surface area contributed by atoms with Crippen molar-refractivity contribution in [1.29, 1.82) is 0 Å². The van der Waals surface area contributed by atoms with Gasteiger partial charge in [-0.15, -0.1) is 0 Å². The molecule has 1 fully saturated rings. The number of amides is 1. The lowest BCUT2D eigenvalue weighted by molar-refractivity contribution is -0.137. The number of aromatic nitrogens is 2. The number of piperidine rings is 1. The first-order valence-electron chi connectivity index (χ1n) is 6.99. The molecule has 1 saturated heterocycles. The zero-order valence-corrected chi connectivity index (χ0v) is 13.4. The molecule has 0 bridgehead atoms. The number of rotatable bonds is 1. The number of carbonyl (C=O) groups is 1. The zero-order chi connectivity index (χ0) is 16.8. The zero-order valence-electron chi connectivity index (χ0n) is 11.8. The average molecular weight is 392 g/mol.